The molecule has 0 amide bonds. The molecule has 0 saturated carbocycles. The summed E-state index contributed by atoms with van der Waals surface area (Å²) in [4.78, 5) is 2.25. The lowest BCUT2D eigenvalue weighted by Gasteiger charge is -2.42. The van der Waals surface area contributed by atoms with Crippen LogP contribution >= 0.6 is 0 Å². The van der Waals surface area contributed by atoms with Crippen molar-refractivity contribution >= 4 is 9.84 Å². The minimum Gasteiger partial charge on any atom is -0.305 e. The van der Waals surface area contributed by atoms with Gasteiger partial charge in [-0.15, -0.1) is 0 Å². The van der Waals surface area contributed by atoms with E-state index in [0.29, 0.717) is 6.54 Å². The Bertz CT molecular complexity index is 530. The fourth-order valence-electron chi connectivity index (χ4n) is 2.67. The first-order chi connectivity index (χ1) is 9.45. The van der Waals surface area contributed by atoms with Crippen LogP contribution in [0.25, 0.3) is 0 Å². The molecule has 2 rings (SSSR count). The molecule has 1 saturated heterocycles. The minimum absolute atomic E-state index is 0.102. The molecule has 20 heavy (non-hydrogen) atoms. The van der Waals surface area contributed by atoms with Gasteiger partial charge in [-0.1, -0.05) is 37.3 Å². The average Bonchev–Trinajstić information content (AvgIpc) is 2.46. The van der Waals surface area contributed by atoms with E-state index in [1.54, 1.807) is 6.92 Å². The number of rotatable bonds is 5. The molecule has 1 fully saturated rings. The first kappa shape index (κ1) is 15.5. The van der Waals surface area contributed by atoms with Crippen LogP contribution in [0.2, 0.25) is 0 Å². The quantitative estimate of drug-likeness (QED) is 0.888. The summed E-state index contributed by atoms with van der Waals surface area (Å²) in [5, 5.41) is 3.56. The van der Waals surface area contributed by atoms with Crippen molar-refractivity contribution in [2.45, 2.75) is 19.4 Å². The van der Waals surface area contributed by atoms with Crippen molar-refractivity contribution in [2.75, 3.05) is 37.7 Å². The molecule has 1 unspecified atom stereocenters. The van der Waals surface area contributed by atoms with Crippen molar-refractivity contribution in [2.24, 2.45) is 0 Å². The van der Waals surface area contributed by atoms with Crippen LogP contribution < -0.4 is 5.32 Å². The van der Waals surface area contributed by atoms with Crippen molar-refractivity contribution in [3.8, 4) is 0 Å². The molecule has 112 valence electrons. The van der Waals surface area contributed by atoms with E-state index in [4.69, 9.17) is 0 Å². The van der Waals surface area contributed by atoms with Gasteiger partial charge in [0.2, 0.25) is 0 Å². The zero-order chi connectivity index (χ0) is 14.6. The number of piperazine rings is 1. The molecule has 0 aliphatic carbocycles. The third-order valence-electron chi connectivity index (χ3n) is 4.05. The zero-order valence-electron chi connectivity index (χ0n) is 12.3. The van der Waals surface area contributed by atoms with E-state index in [-0.39, 0.29) is 17.0 Å². The third kappa shape index (κ3) is 3.81. The summed E-state index contributed by atoms with van der Waals surface area (Å²) in [6.45, 7) is 7.15. The average molecular weight is 296 g/mol. The predicted molar refractivity (Wildman–Crippen MR) is 82.6 cm³/mol. The second-order valence-corrected chi connectivity index (χ2v) is 8.11. The zero-order valence-corrected chi connectivity index (χ0v) is 13.1. The first-order valence-electron chi connectivity index (χ1n) is 7.18. The Morgan fingerprint density at radius 1 is 1.30 bits per heavy atom. The molecule has 1 heterocycles. The normalized spacial score (nSPS) is 24.7. The van der Waals surface area contributed by atoms with Crippen LogP contribution in [0.5, 0.6) is 0 Å². The van der Waals surface area contributed by atoms with Gasteiger partial charge >= 0.3 is 0 Å². The largest absolute Gasteiger partial charge is 0.305 e. The van der Waals surface area contributed by atoms with Crippen LogP contribution in [0.3, 0.4) is 0 Å². The van der Waals surface area contributed by atoms with E-state index in [2.05, 4.69) is 29.3 Å². The maximum absolute atomic E-state index is 11.6. The highest BCUT2D eigenvalue weighted by molar-refractivity contribution is 7.91. The lowest BCUT2D eigenvalue weighted by molar-refractivity contribution is 0.150. The van der Waals surface area contributed by atoms with Crippen molar-refractivity contribution in [1.29, 1.82) is 0 Å². The van der Waals surface area contributed by atoms with Gasteiger partial charge in [-0.05, 0) is 12.5 Å². The van der Waals surface area contributed by atoms with Gasteiger partial charge in [-0.25, -0.2) is 8.42 Å². The molecule has 1 aromatic carbocycles. The topological polar surface area (TPSA) is 49.4 Å². The summed E-state index contributed by atoms with van der Waals surface area (Å²) >= 11 is 0. The van der Waals surface area contributed by atoms with E-state index in [9.17, 15) is 8.42 Å². The van der Waals surface area contributed by atoms with E-state index < -0.39 is 9.84 Å². The Kier molecular flexibility index (Phi) is 4.83. The van der Waals surface area contributed by atoms with Crippen molar-refractivity contribution < 1.29 is 8.42 Å². The molecule has 4 nitrogen and oxygen atoms in total. The van der Waals surface area contributed by atoms with E-state index >= 15 is 0 Å². The third-order valence-corrected chi connectivity index (χ3v) is 5.74. The van der Waals surface area contributed by atoms with Crippen LogP contribution in [0, 0.1) is 0 Å². The first-order valence-corrected chi connectivity index (χ1v) is 9.01. The Balaban J connectivity index is 2.02. The van der Waals surface area contributed by atoms with E-state index in [1.165, 1.54) is 5.56 Å². The minimum atomic E-state index is -2.88. The van der Waals surface area contributed by atoms with Gasteiger partial charge in [-0.3, -0.25) is 4.90 Å². The Labute approximate surface area is 122 Å². The number of nitrogens with one attached hydrogen (secondary N) is 1. The van der Waals surface area contributed by atoms with Gasteiger partial charge < -0.3 is 5.32 Å². The molecule has 1 aliphatic heterocycles. The summed E-state index contributed by atoms with van der Waals surface area (Å²) in [7, 11) is -2.88. The second-order valence-electron chi connectivity index (χ2n) is 5.64. The molecule has 1 aliphatic rings. The summed E-state index contributed by atoms with van der Waals surface area (Å²) in [5.41, 5.74) is 1.15. The van der Waals surface area contributed by atoms with E-state index in [0.717, 1.165) is 19.6 Å². The standard InChI is InChI=1S/C15H24N2O2S/c1-3-20(18,19)12-11-17-10-9-16-15(2,13-17)14-7-5-4-6-8-14/h4-8,16H,3,9-13H2,1-2H3. The highest BCUT2D eigenvalue weighted by atomic mass is 32.2. The lowest BCUT2D eigenvalue weighted by Crippen LogP contribution is -2.57. The highest BCUT2D eigenvalue weighted by Gasteiger charge is 2.32. The van der Waals surface area contributed by atoms with Crippen molar-refractivity contribution in [1.82, 2.24) is 10.2 Å². The molecule has 0 radical (unpaired) electrons. The smallest absolute Gasteiger partial charge is 0.151 e. The number of hydrogen-bond acceptors (Lipinski definition) is 4. The number of sulfone groups is 1. The molecule has 1 atom stereocenters. The van der Waals surface area contributed by atoms with Crippen LogP contribution in [0.15, 0.2) is 30.3 Å². The molecule has 0 aromatic heterocycles. The van der Waals surface area contributed by atoms with Gasteiger partial charge in [0.05, 0.1) is 11.3 Å². The highest BCUT2D eigenvalue weighted by Crippen LogP contribution is 2.24. The molecule has 1 aromatic rings. The molecular weight excluding hydrogens is 272 g/mol. The summed E-state index contributed by atoms with van der Waals surface area (Å²) in [5.74, 6) is 0.489. The maximum Gasteiger partial charge on any atom is 0.151 e. The summed E-state index contributed by atoms with van der Waals surface area (Å²) in [6.07, 6.45) is 0. The molecule has 0 spiro atoms. The monoisotopic (exact) mass is 296 g/mol. The van der Waals surface area contributed by atoms with Gasteiger partial charge in [0.15, 0.2) is 9.84 Å². The van der Waals surface area contributed by atoms with Crippen molar-refractivity contribution in [3.63, 3.8) is 0 Å². The van der Waals surface area contributed by atoms with Gasteiger partial charge in [0, 0.05) is 31.9 Å². The van der Waals surface area contributed by atoms with Crippen LogP contribution in [-0.4, -0.2) is 51.0 Å². The van der Waals surface area contributed by atoms with Crippen LogP contribution in [0.1, 0.15) is 19.4 Å². The molecule has 5 heteroatoms. The fourth-order valence-corrected chi connectivity index (χ4v) is 3.50. The van der Waals surface area contributed by atoms with Gasteiger partial charge in [-0.2, -0.15) is 0 Å². The number of nitrogens with zero attached hydrogens (tertiary/aromatic N) is 1. The second kappa shape index (κ2) is 6.24. The predicted octanol–water partition coefficient (Wildman–Crippen LogP) is 1.24. The number of benzene rings is 1. The Hall–Kier alpha value is -0.910. The van der Waals surface area contributed by atoms with Gasteiger partial charge in [0.25, 0.3) is 0 Å². The number of hydrogen-bond donors (Lipinski definition) is 1. The Morgan fingerprint density at radius 3 is 2.65 bits per heavy atom. The fraction of sp³-hybridized carbons (Fsp3) is 0.600. The van der Waals surface area contributed by atoms with Crippen molar-refractivity contribution in [3.05, 3.63) is 35.9 Å². The van der Waals surface area contributed by atoms with Crippen LogP contribution in [-0.2, 0) is 15.4 Å². The molecular formula is C15H24N2O2S. The molecule has 1 N–H and O–H groups in total. The molecule has 0 bridgehead atoms. The van der Waals surface area contributed by atoms with E-state index in [1.807, 2.05) is 18.2 Å². The van der Waals surface area contributed by atoms with Crippen LogP contribution in [0.4, 0.5) is 0 Å². The summed E-state index contributed by atoms with van der Waals surface area (Å²) < 4.78 is 23.3. The Morgan fingerprint density at radius 2 is 2.00 bits per heavy atom. The lowest BCUT2D eigenvalue weighted by atomic mass is 9.90. The maximum atomic E-state index is 11.6. The SMILES string of the molecule is CCS(=O)(=O)CCN1CCNC(C)(c2ccccc2)C1. The van der Waals surface area contributed by atoms with Gasteiger partial charge in [0.1, 0.15) is 0 Å². The summed E-state index contributed by atoms with van der Waals surface area (Å²) in [6, 6.07) is 10.4.